The molecule has 0 aliphatic heterocycles. The summed E-state index contributed by atoms with van der Waals surface area (Å²) in [6, 6.07) is 3.10. The zero-order valence-corrected chi connectivity index (χ0v) is 15.6. The molecular weight excluding hydrogens is 387 g/mol. The van der Waals surface area contributed by atoms with Gasteiger partial charge >= 0.3 is 5.97 Å². The predicted octanol–water partition coefficient (Wildman–Crippen LogP) is 4.73. The first-order valence-electron chi connectivity index (χ1n) is 6.83. The van der Waals surface area contributed by atoms with Crippen molar-refractivity contribution in [1.82, 2.24) is 0 Å². The molecule has 0 N–H and O–H groups in total. The van der Waals surface area contributed by atoms with Crippen molar-refractivity contribution in [2.75, 3.05) is 7.11 Å². The monoisotopic (exact) mass is 402 g/mol. The second kappa shape index (κ2) is 6.57. The SMILES string of the molecule is COc1cc2sc(C(=O)CC(=O)OC(C)(C)C)cc2c(F)c1Br. The minimum absolute atomic E-state index is 0.205. The fourth-order valence-electron chi connectivity index (χ4n) is 1.97. The van der Waals surface area contributed by atoms with Gasteiger partial charge in [-0.15, -0.1) is 11.3 Å². The highest BCUT2D eigenvalue weighted by Crippen LogP contribution is 2.38. The van der Waals surface area contributed by atoms with Crippen molar-refractivity contribution >= 4 is 49.1 Å². The summed E-state index contributed by atoms with van der Waals surface area (Å²) in [6.45, 7) is 5.19. The highest BCUT2D eigenvalue weighted by atomic mass is 79.9. The third-order valence-electron chi connectivity index (χ3n) is 2.89. The second-order valence-corrected chi connectivity index (χ2v) is 7.79. The van der Waals surface area contributed by atoms with Crippen LogP contribution in [0.25, 0.3) is 10.1 Å². The molecule has 0 atom stereocenters. The van der Waals surface area contributed by atoms with Crippen molar-refractivity contribution in [3.63, 3.8) is 0 Å². The average molecular weight is 403 g/mol. The molecule has 0 unspecified atom stereocenters. The van der Waals surface area contributed by atoms with E-state index in [0.29, 0.717) is 20.7 Å². The summed E-state index contributed by atoms with van der Waals surface area (Å²) in [6.07, 6.45) is -0.371. The van der Waals surface area contributed by atoms with Gasteiger partial charge in [0.1, 0.15) is 23.6 Å². The highest BCUT2D eigenvalue weighted by Gasteiger charge is 2.22. The summed E-state index contributed by atoms with van der Waals surface area (Å²) < 4.78 is 25.3. The summed E-state index contributed by atoms with van der Waals surface area (Å²) in [5.41, 5.74) is -0.651. The Bertz CT molecular complexity index is 776. The lowest BCUT2D eigenvalue weighted by molar-refractivity contribution is -0.153. The van der Waals surface area contributed by atoms with Crippen molar-refractivity contribution in [1.29, 1.82) is 0 Å². The van der Waals surface area contributed by atoms with Crippen LogP contribution < -0.4 is 4.74 Å². The summed E-state index contributed by atoms with van der Waals surface area (Å²) >= 11 is 4.25. The molecule has 23 heavy (non-hydrogen) atoms. The van der Waals surface area contributed by atoms with Gasteiger partial charge in [-0.25, -0.2) is 4.39 Å². The van der Waals surface area contributed by atoms with Gasteiger partial charge in [0.2, 0.25) is 0 Å². The number of halogens is 2. The van der Waals surface area contributed by atoms with Gasteiger partial charge in [-0.1, -0.05) is 0 Å². The van der Waals surface area contributed by atoms with E-state index in [2.05, 4.69) is 15.9 Å². The zero-order chi connectivity index (χ0) is 17.4. The minimum atomic E-state index is -0.651. The molecule has 0 radical (unpaired) electrons. The highest BCUT2D eigenvalue weighted by molar-refractivity contribution is 9.10. The second-order valence-electron chi connectivity index (χ2n) is 5.92. The van der Waals surface area contributed by atoms with E-state index in [1.165, 1.54) is 13.2 Å². The van der Waals surface area contributed by atoms with E-state index in [-0.39, 0.29) is 10.9 Å². The molecule has 0 spiro atoms. The summed E-state index contributed by atoms with van der Waals surface area (Å²) in [5, 5.41) is 0.315. The van der Waals surface area contributed by atoms with Crippen molar-refractivity contribution in [2.45, 2.75) is 32.8 Å². The maximum atomic E-state index is 14.3. The third-order valence-corrected chi connectivity index (χ3v) is 4.75. The van der Waals surface area contributed by atoms with Crippen molar-refractivity contribution in [2.24, 2.45) is 0 Å². The molecule has 124 valence electrons. The smallest absolute Gasteiger partial charge is 0.314 e. The Morgan fingerprint density at radius 2 is 1.96 bits per heavy atom. The Morgan fingerprint density at radius 1 is 1.30 bits per heavy atom. The quantitative estimate of drug-likeness (QED) is 0.421. The molecular formula is C16H16BrFO4S. The first-order valence-corrected chi connectivity index (χ1v) is 8.44. The molecule has 1 aromatic heterocycles. The van der Waals surface area contributed by atoms with E-state index in [0.717, 1.165) is 11.3 Å². The number of hydrogen-bond acceptors (Lipinski definition) is 5. The summed E-state index contributed by atoms with van der Waals surface area (Å²) in [5.74, 6) is -1.14. The van der Waals surface area contributed by atoms with Gasteiger partial charge in [-0.2, -0.15) is 0 Å². The van der Waals surface area contributed by atoms with Crippen molar-refractivity contribution in [3.8, 4) is 5.75 Å². The van der Waals surface area contributed by atoms with Gasteiger partial charge in [0.25, 0.3) is 0 Å². The molecule has 1 aromatic carbocycles. The molecule has 0 bridgehead atoms. The number of esters is 1. The van der Waals surface area contributed by atoms with Crippen LogP contribution in [0.4, 0.5) is 4.39 Å². The molecule has 4 nitrogen and oxygen atoms in total. The van der Waals surface area contributed by atoms with Gasteiger partial charge in [0.15, 0.2) is 5.78 Å². The number of ketones is 1. The van der Waals surface area contributed by atoms with Crippen LogP contribution in [0, 0.1) is 5.82 Å². The predicted molar refractivity (Wildman–Crippen MR) is 90.8 cm³/mol. The van der Waals surface area contributed by atoms with Gasteiger partial charge < -0.3 is 9.47 Å². The number of carbonyl (C=O) groups excluding carboxylic acids is 2. The number of Topliss-reactive ketones (excluding diaryl/α,β-unsaturated/α-hetero) is 1. The first-order chi connectivity index (χ1) is 10.6. The molecule has 0 amide bonds. The van der Waals surface area contributed by atoms with Crippen LogP contribution in [0.2, 0.25) is 0 Å². The van der Waals surface area contributed by atoms with Crippen LogP contribution in [0.15, 0.2) is 16.6 Å². The number of carbonyl (C=O) groups is 2. The van der Waals surface area contributed by atoms with Crippen LogP contribution in [-0.2, 0) is 9.53 Å². The normalized spacial score (nSPS) is 11.6. The van der Waals surface area contributed by atoms with E-state index in [4.69, 9.17) is 9.47 Å². The number of thiophene rings is 1. The Kier molecular flexibility index (Phi) is 5.10. The van der Waals surface area contributed by atoms with Crippen LogP contribution in [0.5, 0.6) is 5.75 Å². The summed E-state index contributed by atoms with van der Waals surface area (Å²) in [4.78, 5) is 24.3. The molecule has 2 aromatic rings. The lowest BCUT2D eigenvalue weighted by atomic mass is 10.1. The first kappa shape index (κ1) is 17.9. The molecule has 0 aliphatic rings. The van der Waals surface area contributed by atoms with E-state index in [9.17, 15) is 14.0 Å². The molecule has 2 rings (SSSR count). The van der Waals surface area contributed by atoms with Crippen LogP contribution in [0.1, 0.15) is 36.9 Å². The Morgan fingerprint density at radius 3 is 2.52 bits per heavy atom. The molecule has 0 saturated carbocycles. The molecule has 0 saturated heterocycles. The number of benzene rings is 1. The standard InChI is InChI=1S/C16H16BrFO4S/c1-16(2,3)22-13(20)6-9(19)12-5-8-11(23-12)7-10(21-4)14(17)15(8)18/h5,7H,6H2,1-4H3. The Hall–Kier alpha value is -1.47. The zero-order valence-electron chi connectivity index (χ0n) is 13.2. The average Bonchev–Trinajstić information content (AvgIpc) is 2.84. The van der Waals surface area contributed by atoms with Crippen LogP contribution >= 0.6 is 27.3 Å². The van der Waals surface area contributed by atoms with Crippen molar-refractivity contribution in [3.05, 3.63) is 27.3 Å². The maximum absolute atomic E-state index is 14.3. The van der Waals surface area contributed by atoms with Crippen molar-refractivity contribution < 1.29 is 23.5 Å². The number of methoxy groups -OCH3 is 1. The number of rotatable bonds is 4. The molecule has 0 fully saturated rings. The lowest BCUT2D eigenvalue weighted by Crippen LogP contribution is -2.25. The van der Waals surface area contributed by atoms with Gasteiger partial charge in [-0.3, -0.25) is 9.59 Å². The molecule has 1 heterocycles. The van der Waals surface area contributed by atoms with Gasteiger partial charge in [0, 0.05) is 10.1 Å². The minimum Gasteiger partial charge on any atom is -0.495 e. The fourth-order valence-corrected chi connectivity index (χ4v) is 3.49. The Labute approximate surface area is 145 Å². The molecule has 7 heteroatoms. The summed E-state index contributed by atoms with van der Waals surface area (Å²) in [7, 11) is 1.44. The third kappa shape index (κ3) is 4.09. The van der Waals surface area contributed by atoms with Crippen LogP contribution in [-0.4, -0.2) is 24.5 Å². The van der Waals surface area contributed by atoms with Gasteiger partial charge in [-0.05, 0) is 48.8 Å². The number of fused-ring (bicyclic) bond motifs is 1. The lowest BCUT2D eigenvalue weighted by Gasteiger charge is -2.18. The number of hydrogen-bond donors (Lipinski definition) is 0. The molecule has 0 aliphatic carbocycles. The maximum Gasteiger partial charge on any atom is 0.314 e. The Balaban J connectivity index is 2.29. The topological polar surface area (TPSA) is 52.6 Å². The van der Waals surface area contributed by atoms with E-state index in [1.54, 1.807) is 26.8 Å². The van der Waals surface area contributed by atoms with E-state index < -0.39 is 23.2 Å². The van der Waals surface area contributed by atoms with Crippen LogP contribution in [0.3, 0.4) is 0 Å². The number of ether oxygens (including phenoxy) is 2. The van der Waals surface area contributed by atoms with E-state index >= 15 is 0 Å². The van der Waals surface area contributed by atoms with Gasteiger partial charge in [0.05, 0.1) is 16.5 Å². The van der Waals surface area contributed by atoms with E-state index in [1.807, 2.05) is 0 Å². The largest absolute Gasteiger partial charge is 0.495 e. The fraction of sp³-hybridized carbons (Fsp3) is 0.375.